The van der Waals surface area contributed by atoms with Crippen LogP contribution in [0.2, 0.25) is 0 Å². The first kappa shape index (κ1) is 13.1. The maximum Gasteiger partial charge on any atom is 0.0226 e. The highest BCUT2D eigenvalue weighted by Gasteiger charge is 1.87. The first-order valence-electron chi connectivity index (χ1n) is 5.85. The minimum atomic E-state index is 0.752. The van der Waals surface area contributed by atoms with Gasteiger partial charge in [-0.2, -0.15) is 0 Å². The minimum Gasteiger partial charge on any atom is -0.127 e. The largest absolute Gasteiger partial charge is 0.127 e. The number of unbranched alkanes of at least 4 members (excludes halogenated alkanes) is 1. The van der Waals surface area contributed by atoms with Gasteiger partial charge < -0.3 is 0 Å². The quantitative estimate of drug-likeness (QED) is 0.363. The lowest BCUT2D eigenvalue weighted by Crippen LogP contribution is -1.80. The Labute approximate surface area is 104 Å². The first-order chi connectivity index (χ1) is 7.93. The molecule has 0 N–H and O–H groups in total. The predicted octanol–water partition coefficient (Wildman–Crippen LogP) is 4.75. The summed E-state index contributed by atoms with van der Waals surface area (Å²) in [5.41, 5.74) is 1.40. The average Bonchev–Trinajstić information content (AvgIpc) is 2.34. The van der Waals surface area contributed by atoms with Crippen LogP contribution >= 0.6 is 11.6 Å². The van der Waals surface area contributed by atoms with Gasteiger partial charge in [0.05, 0.1) is 0 Å². The predicted molar refractivity (Wildman–Crippen MR) is 73.0 cm³/mol. The zero-order chi connectivity index (χ0) is 11.5. The van der Waals surface area contributed by atoms with Gasteiger partial charge in [-0.05, 0) is 31.2 Å². The Kier molecular flexibility index (Phi) is 7.53. The molecule has 1 rings (SSSR count). The van der Waals surface area contributed by atoms with Crippen LogP contribution in [0.1, 0.15) is 24.8 Å². The van der Waals surface area contributed by atoms with E-state index in [0.29, 0.717) is 0 Å². The Bertz CT molecular complexity index is 311. The molecule has 0 saturated carbocycles. The number of rotatable bonds is 7. The Morgan fingerprint density at radius 1 is 0.938 bits per heavy atom. The highest BCUT2D eigenvalue weighted by atomic mass is 35.5. The molecule has 0 spiro atoms. The van der Waals surface area contributed by atoms with E-state index < -0.39 is 0 Å². The summed E-state index contributed by atoms with van der Waals surface area (Å²) in [5, 5.41) is 0. The van der Waals surface area contributed by atoms with Gasteiger partial charge in [-0.15, -0.1) is 11.6 Å². The molecule has 86 valence electrons. The topological polar surface area (TPSA) is 0 Å². The summed E-state index contributed by atoms with van der Waals surface area (Å²) in [6.45, 7) is 0. The third kappa shape index (κ3) is 6.47. The Balaban J connectivity index is 2.11. The van der Waals surface area contributed by atoms with Crippen molar-refractivity contribution < 1.29 is 0 Å². The molecule has 0 aliphatic carbocycles. The van der Waals surface area contributed by atoms with Crippen LogP contribution in [0, 0.1) is 0 Å². The molecule has 0 fully saturated rings. The summed E-state index contributed by atoms with van der Waals surface area (Å²) < 4.78 is 0. The van der Waals surface area contributed by atoms with Crippen molar-refractivity contribution in [2.24, 2.45) is 0 Å². The second-order valence-electron chi connectivity index (χ2n) is 3.71. The molecule has 0 radical (unpaired) electrons. The minimum absolute atomic E-state index is 0.752. The van der Waals surface area contributed by atoms with Crippen LogP contribution in [0.25, 0.3) is 0 Å². The van der Waals surface area contributed by atoms with Crippen molar-refractivity contribution in [3.8, 4) is 0 Å². The van der Waals surface area contributed by atoms with Crippen molar-refractivity contribution in [1.29, 1.82) is 0 Å². The lowest BCUT2D eigenvalue weighted by Gasteiger charge is -1.95. The normalized spacial score (nSPS) is 11.6. The fourth-order valence-corrected chi connectivity index (χ4v) is 1.59. The van der Waals surface area contributed by atoms with Crippen molar-refractivity contribution in [2.45, 2.75) is 25.7 Å². The fourth-order valence-electron chi connectivity index (χ4n) is 1.44. The summed E-state index contributed by atoms with van der Waals surface area (Å²) in [6, 6.07) is 10.6. The van der Waals surface area contributed by atoms with Crippen LogP contribution in [-0.2, 0) is 6.42 Å². The van der Waals surface area contributed by atoms with Crippen molar-refractivity contribution in [3.63, 3.8) is 0 Å². The lowest BCUT2D eigenvalue weighted by molar-refractivity contribution is 0.966. The van der Waals surface area contributed by atoms with Gasteiger partial charge in [-0.25, -0.2) is 0 Å². The molecule has 16 heavy (non-hydrogen) atoms. The van der Waals surface area contributed by atoms with Crippen molar-refractivity contribution in [1.82, 2.24) is 0 Å². The Hall–Kier alpha value is -1.01. The number of halogens is 1. The van der Waals surface area contributed by atoms with Gasteiger partial charge in [0.15, 0.2) is 0 Å². The number of allylic oxidation sites excluding steroid dienone is 4. The van der Waals surface area contributed by atoms with Gasteiger partial charge in [0.25, 0.3) is 0 Å². The van der Waals surface area contributed by atoms with Crippen molar-refractivity contribution in [3.05, 3.63) is 60.2 Å². The lowest BCUT2D eigenvalue weighted by atomic mass is 10.1. The third-order valence-electron chi connectivity index (χ3n) is 2.33. The standard InChI is InChI=1S/C15H19Cl/c16-14-10-5-3-1-2-4-7-11-15-12-8-6-9-13-15/h1-4,6,8-9,12-13H,5,7,10-11,14H2/b3-1-,4-2+. The molecule has 1 heteroatoms. The second-order valence-corrected chi connectivity index (χ2v) is 4.09. The molecule has 0 aliphatic rings. The van der Waals surface area contributed by atoms with E-state index in [-0.39, 0.29) is 0 Å². The van der Waals surface area contributed by atoms with Gasteiger partial charge in [-0.3, -0.25) is 0 Å². The second kappa shape index (κ2) is 9.23. The molecule has 0 aromatic heterocycles. The number of benzene rings is 1. The highest BCUT2D eigenvalue weighted by Crippen LogP contribution is 2.02. The molecule has 0 heterocycles. The summed E-state index contributed by atoms with van der Waals surface area (Å²) in [5.74, 6) is 0.752. The third-order valence-corrected chi connectivity index (χ3v) is 2.60. The fraction of sp³-hybridized carbons (Fsp3) is 0.333. The number of alkyl halides is 1. The van der Waals surface area contributed by atoms with Gasteiger partial charge in [-0.1, -0.05) is 54.6 Å². The Morgan fingerprint density at radius 3 is 2.31 bits per heavy atom. The average molecular weight is 235 g/mol. The van der Waals surface area contributed by atoms with E-state index in [2.05, 4.69) is 54.6 Å². The van der Waals surface area contributed by atoms with E-state index >= 15 is 0 Å². The van der Waals surface area contributed by atoms with Crippen LogP contribution < -0.4 is 0 Å². The number of aryl methyl sites for hydroxylation is 1. The summed E-state index contributed by atoms with van der Waals surface area (Å²) in [7, 11) is 0. The molecule has 0 atom stereocenters. The maximum atomic E-state index is 5.58. The summed E-state index contributed by atoms with van der Waals surface area (Å²) >= 11 is 5.58. The molecular weight excluding hydrogens is 216 g/mol. The van der Waals surface area contributed by atoms with E-state index in [9.17, 15) is 0 Å². The van der Waals surface area contributed by atoms with Crippen LogP contribution in [0.5, 0.6) is 0 Å². The Morgan fingerprint density at radius 2 is 1.62 bits per heavy atom. The van der Waals surface area contributed by atoms with E-state index in [0.717, 1.165) is 31.6 Å². The van der Waals surface area contributed by atoms with Crippen molar-refractivity contribution >= 4 is 11.6 Å². The molecule has 0 unspecified atom stereocenters. The van der Waals surface area contributed by atoms with Crippen molar-refractivity contribution in [2.75, 3.05) is 5.88 Å². The van der Waals surface area contributed by atoms with Crippen LogP contribution in [0.3, 0.4) is 0 Å². The molecule has 0 aliphatic heterocycles. The van der Waals surface area contributed by atoms with Gasteiger partial charge in [0.2, 0.25) is 0 Å². The zero-order valence-corrected chi connectivity index (χ0v) is 10.4. The van der Waals surface area contributed by atoms with E-state index in [4.69, 9.17) is 11.6 Å². The molecule has 0 nitrogen and oxygen atoms in total. The molecule has 1 aromatic rings. The smallest absolute Gasteiger partial charge is 0.0226 e. The molecule has 0 saturated heterocycles. The number of hydrogen-bond acceptors (Lipinski definition) is 0. The summed E-state index contributed by atoms with van der Waals surface area (Å²) in [6.07, 6.45) is 13.0. The van der Waals surface area contributed by atoms with Crippen LogP contribution in [0.4, 0.5) is 0 Å². The summed E-state index contributed by atoms with van der Waals surface area (Å²) in [4.78, 5) is 0. The van der Waals surface area contributed by atoms with Gasteiger partial charge >= 0.3 is 0 Å². The van der Waals surface area contributed by atoms with E-state index in [1.54, 1.807) is 0 Å². The molecule has 0 amide bonds. The van der Waals surface area contributed by atoms with E-state index in [1.807, 2.05) is 0 Å². The van der Waals surface area contributed by atoms with Crippen LogP contribution in [0.15, 0.2) is 54.6 Å². The zero-order valence-electron chi connectivity index (χ0n) is 9.61. The SMILES string of the molecule is ClCCC/C=C\C=C\CCc1ccccc1. The monoisotopic (exact) mass is 234 g/mol. The number of hydrogen-bond donors (Lipinski definition) is 0. The first-order valence-corrected chi connectivity index (χ1v) is 6.38. The van der Waals surface area contributed by atoms with Crippen LogP contribution in [-0.4, -0.2) is 5.88 Å². The highest BCUT2D eigenvalue weighted by molar-refractivity contribution is 6.17. The maximum absolute atomic E-state index is 5.58. The van der Waals surface area contributed by atoms with Gasteiger partial charge in [0, 0.05) is 5.88 Å². The molecule has 1 aromatic carbocycles. The molecule has 0 bridgehead atoms. The molecular formula is C15H19Cl. The van der Waals surface area contributed by atoms with Gasteiger partial charge in [0.1, 0.15) is 0 Å². The van der Waals surface area contributed by atoms with E-state index in [1.165, 1.54) is 5.56 Å².